The van der Waals surface area contributed by atoms with Crippen LogP contribution in [0.2, 0.25) is 0 Å². The van der Waals surface area contributed by atoms with Crippen molar-refractivity contribution in [3.63, 3.8) is 0 Å². The van der Waals surface area contributed by atoms with Crippen LogP contribution < -0.4 is 4.90 Å². The number of pyridine rings is 1. The molecule has 0 atom stereocenters. The van der Waals surface area contributed by atoms with Crippen molar-refractivity contribution in [1.29, 1.82) is 0 Å². The normalized spacial score (nSPS) is 10.9. The van der Waals surface area contributed by atoms with Gasteiger partial charge in [-0.3, -0.25) is 0 Å². The lowest BCUT2D eigenvalue weighted by molar-refractivity contribution is 0.280. The number of aliphatic hydroxyl groups is 1. The second-order valence-electron chi connectivity index (χ2n) is 4.42. The van der Waals surface area contributed by atoms with Gasteiger partial charge in [0, 0.05) is 23.8 Å². The molecule has 0 bridgehead atoms. The van der Waals surface area contributed by atoms with Crippen molar-refractivity contribution in [3.8, 4) is 0 Å². The molecule has 1 aromatic heterocycles. The van der Waals surface area contributed by atoms with Gasteiger partial charge in [0.05, 0.1) is 6.61 Å². The maximum atomic E-state index is 9.45. The Morgan fingerprint density at radius 1 is 1.38 bits per heavy atom. The number of nitrogens with zero attached hydrogens (tertiary/aromatic N) is 2. The molecule has 0 aliphatic carbocycles. The van der Waals surface area contributed by atoms with E-state index in [0.29, 0.717) is 6.04 Å². The minimum atomic E-state index is 0.0532. The second-order valence-corrected chi connectivity index (χ2v) is 4.42. The molecule has 1 N–H and O–H groups in total. The summed E-state index contributed by atoms with van der Waals surface area (Å²) in [5, 5.41) is 9.45. The molecule has 0 aromatic carbocycles. The molecule has 0 unspecified atom stereocenters. The van der Waals surface area contributed by atoms with E-state index >= 15 is 0 Å². The van der Waals surface area contributed by atoms with Gasteiger partial charge in [-0.1, -0.05) is 0 Å². The lowest BCUT2D eigenvalue weighted by Crippen LogP contribution is -2.32. The minimum absolute atomic E-state index is 0.0532. The number of rotatable bonds is 4. The molecule has 0 saturated carbocycles. The van der Waals surface area contributed by atoms with Crippen molar-refractivity contribution in [1.82, 2.24) is 4.98 Å². The number of hydrogen-bond acceptors (Lipinski definition) is 3. The Balaban J connectivity index is 3.29. The summed E-state index contributed by atoms with van der Waals surface area (Å²) >= 11 is 0. The quantitative estimate of drug-likeness (QED) is 0.850. The van der Waals surface area contributed by atoms with Gasteiger partial charge in [0.15, 0.2) is 0 Å². The van der Waals surface area contributed by atoms with E-state index in [1.54, 1.807) is 0 Å². The zero-order chi connectivity index (χ0) is 12.3. The van der Waals surface area contributed by atoms with E-state index in [4.69, 9.17) is 0 Å². The summed E-state index contributed by atoms with van der Waals surface area (Å²) in [6, 6.07) is 2.41. The molecule has 0 amide bonds. The van der Waals surface area contributed by atoms with Crippen LogP contribution >= 0.6 is 0 Å². The fourth-order valence-electron chi connectivity index (χ4n) is 2.04. The SMILES string of the molecule is CCN(c1nc(C)cc(C)c1CO)C(C)C. The van der Waals surface area contributed by atoms with E-state index in [2.05, 4.69) is 30.7 Å². The van der Waals surface area contributed by atoms with Crippen LogP contribution in [-0.4, -0.2) is 22.7 Å². The van der Waals surface area contributed by atoms with Crippen LogP contribution in [0.25, 0.3) is 0 Å². The van der Waals surface area contributed by atoms with Gasteiger partial charge in [0.1, 0.15) is 5.82 Å². The van der Waals surface area contributed by atoms with Gasteiger partial charge in [0.25, 0.3) is 0 Å². The molecule has 3 nitrogen and oxygen atoms in total. The monoisotopic (exact) mass is 222 g/mol. The van der Waals surface area contributed by atoms with Gasteiger partial charge >= 0.3 is 0 Å². The van der Waals surface area contributed by atoms with Gasteiger partial charge in [-0.25, -0.2) is 4.98 Å². The Labute approximate surface area is 98.1 Å². The number of hydrogen-bond donors (Lipinski definition) is 1. The first-order valence-corrected chi connectivity index (χ1v) is 5.85. The third-order valence-electron chi connectivity index (χ3n) is 2.85. The summed E-state index contributed by atoms with van der Waals surface area (Å²) in [5.41, 5.74) is 3.06. The molecule has 0 aliphatic rings. The summed E-state index contributed by atoms with van der Waals surface area (Å²) in [5.74, 6) is 0.928. The Bertz CT molecular complexity index is 361. The molecule has 90 valence electrons. The smallest absolute Gasteiger partial charge is 0.134 e. The molecular formula is C13H22N2O. The highest BCUT2D eigenvalue weighted by atomic mass is 16.3. The molecule has 0 spiro atoms. The highest BCUT2D eigenvalue weighted by Crippen LogP contribution is 2.24. The molecule has 1 aromatic rings. The average Bonchev–Trinajstić information content (AvgIpc) is 2.17. The van der Waals surface area contributed by atoms with Gasteiger partial charge in [-0.2, -0.15) is 0 Å². The van der Waals surface area contributed by atoms with Crippen LogP contribution in [0.1, 0.15) is 37.6 Å². The van der Waals surface area contributed by atoms with Gasteiger partial charge in [0.2, 0.25) is 0 Å². The minimum Gasteiger partial charge on any atom is -0.392 e. The first-order chi connectivity index (χ1) is 7.51. The maximum Gasteiger partial charge on any atom is 0.134 e. The molecule has 16 heavy (non-hydrogen) atoms. The number of aryl methyl sites for hydroxylation is 2. The summed E-state index contributed by atoms with van der Waals surface area (Å²) in [6.07, 6.45) is 0. The first kappa shape index (κ1) is 13.0. The molecule has 0 fully saturated rings. The van der Waals surface area contributed by atoms with Crippen molar-refractivity contribution >= 4 is 5.82 Å². The summed E-state index contributed by atoms with van der Waals surface area (Å²) < 4.78 is 0. The Morgan fingerprint density at radius 3 is 2.44 bits per heavy atom. The Hall–Kier alpha value is -1.09. The van der Waals surface area contributed by atoms with E-state index < -0.39 is 0 Å². The zero-order valence-corrected chi connectivity index (χ0v) is 10.9. The largest absolute Gasteiger partial charge is 0.392 e. The second kappa shape index (κ2) is 5.30. The zero-order valence-electron chi connectivity index (χ0n) is 10.9. The van der Waals surface area contributed by atoms with Gasteiger partial charge in [-0.05, 0) is 46.2 Å². The molecule has 0 saturated heterocycles. The van der Waals surface area contributed by atoms with Crippen LogP contribution in [-0.2, 0) is 6.61 Å². The predicted octanol–water partition coefficient (Wildman–Crippen LogP) is 2.43. The number of aromatic nitrogens is 1. The molecule has 0 radical (unpaired) electrons. The van der Waals surface area contributed by atoms with E-state index in [0.717, 1.165) is 29.2 Å². The van der Waals surface area contributed by atoms with E-state index in [9.17, 15) is 5.11 Å². The molecule has 0 aliphatic heterocycles. The van der Waals surface area contributed by atoms with Gasteiger partial charge < -0.3 is 10.0 Å². The van der Waals surface area contributed by atoms with Crippen LogP contribution in [0.3, 0.4) is 0 Å². The lowest BCUT2D eigenvalue weighted by atomic mass is 10.1. The fourth-order valence-corrected chi connectivity index (χ4v) is 2.04. The van der Waals surface area contributed by atoms with E-state index in [1.165, 1.54) is 0 Å². The van der Waals surface area contributed by atoms with E-state index in [-0.39, 0.29) is 6.61 Å². The molecule has 1 heterocycles. The number of aliphatic hydroxyl groups excluding tert-OH is 1. The topological polar surface area (TPSA) is 36.4 Å². The molecule has 1 rings (SSSR count). The Morgan fingerprint density at radius 2 is 2.00 bits per heavy atom. The highest BCUT2D eigenvalue weighted by Gasteiger charge is 2.16. The first-order valence-electron chi connectivity index (χ1n) is 5.85. The van der Waals surface area contributed by atoms with Crippen LogP contribution in [0.5, 0.6) is 0 Å². The third kappa shape index (κ3) is 2.53. The fraction of sp³-hybridized carbons (Fsp3) is 0.615. The summed E-state index contributed by atoms with van der Waals surface area (Å²) in [6.45, 7) is 11.4. The van der Waals surface area contributed by atoms with Crippen molar-refractivity contribution in [2.24, 2.45) is 0 Å². The predicted molar refractivity (Wildman–Crippen MR) is 67.8 cm³/mol. The standard InChI is InChI=1S/C13H22N2O/c1-6-15(9(2)3)13-12(8-16)10(4)7-11(5)14-13/h7,9,16H,6,8H2,1-5H3. The van der Waals surface area contributed by atoms with Crippen LogP contribution in [0.15, 0.2) is 6.07 Å². The number of anilines is 1. The van der Waals surface area contributed by atoms with Crippen molar-refractivity contribution < 1.29 is 5.11 Å². The van der Waals surface area contributed by atoms with Crippen molar-refractivity contribution in [3.05, 3.63) is 22.9 Å². The average molecular weight is 222 g/mol. The van der Waals surface area contributed by atoms with Gasteiger partial charge in [-0.15, -0.1) is 0 Å². The van der Waals surface area contributed by atoms with E-state index in [1.807, 2.05) is 19.9 Å². The van der Waals surface area contributed by atoms with Crippen LogP contribution in [0, 0.1) is 13.8 Å². The summed E-state index contributed by atoms with van der Waals surface area (Å²) in [4.78, 5) is 6.78. The van der Waals surface area contributed by atoms with Crippen molar-refractivity contribution in [2.75, 3.05) is 11.4 Å². The highest BCUT2D eigenvalue weighted by molar-refractivity contribution is 5.51. The Kier molecular flexibility index (Phi) is 4.30. The van der Waals surface area contributed by atoms with Crippen molar-refractivity contribution in [2.45, 2.75) is 47.3 Å². The third-order valence-corrected chi connectivity index (χ3v) is 2.85. The summed E-state index contributed by atoms with van der Waals surface area (Å²) in [7, 11) is 0. The lowest BCUT2D eigenvalue weighted by Gasteiger charge is -2.29. The maximum absolute atomic E-state index is 9.45. The molecule has 3 heteroatoms. The molecular weight excluding hydrogens is 200 g/mol. The van der Waals surface area contributed by atoms with Crippen LogP contribution in [0.4, 0.5) is 5.82 Å².